The van der Waals surface area contributed by atoms with E-state index < -0.39 is 0 Å². The Morgan fingerprint density at radius 2 is 2.35 bits per heavy atom. The number of fused-ring (bicyclic) bond motifs is 1. The average molecular weight is 250 g/mol. The molecule has 0 aliphatic carbocycles. The summed E-state index contributed by atoms with van der Waals surface area (Å²) in [5.74, 6) is -0.304. The van der Waals surface area contributed by atoms with E-state index in [4.69, 9.17) is 4.74 Å². The molecule has 0 aliphatic heterocycles. The van der Waals surface area contributed by atoms with Crippen molar-refractivity contribution in [3.8, 4) is 0 Å². The van der Waals surface area contributed by atoms with Gasteiger partial charge in [-0.2, -0.15) is 5.10 Å². The first-order valence-electron chi connectivity index (χ1n) is 5.38. The van der Waals surface area contributed by atoms with Gasteiger partial charge in [0.05, 0.1) is 12.1 Å². The van der Waals surface area contributed by atoms with Crippen LogP contribution >= 0.6 is 11.8 Å². The maximum atomic E-state index is 12.0. The molecule has 0 saturated heterocycles. The van der Waals surface area contributed by atoms with Crippen LogP contribution in [0.1, 0.15) is 22.8 Å². The SMILES string of the molecule is CCOC(=O)c1c(SC)nn2cccc(C)c12. The van der Waals surface area contributed by atoms with E-state index in [0.717, 1.165) is 11.1 Å². The highest BCUT2D eigenvalue weighted by Gasteiger charge is 2.21. The molecule has 17 heavy (non-hydrogen) atoms. The molecule has 2 rings (SSSR count). The molecule has 0 radical (unpaired) electrons. The van der Waals surface area contributed by atoms with Crippen LogP contribution in [0.4, 0.5) is 0 Å². The van der Waals surface area contributed by atoms with E-state index in [1.807, 2.05) is 31.5 Å². The fourth-order valence-corrected chi connectivity index (χ4v) is 2.33. The van der Waals surface area contributed by atoms with Crippen LogP contribution in [0.25, 0.3) is 5.52 Å². The molecule has 0 aliphatic rings. The van der Waals surface area contributed by atoms with Gasteiger partial charge in [0.25, 0.3) is 0 Å². The number of hydrogen-bond acceptors (Lipinski definition) is 4. The van der Waals surface area contributed by atoms with Crippen LogP contribution in [0.5, 0.6) is 0 Å². The van der Waals surface area contributed by atoms with E-state index in [0.29, 0.717) is 17.2 Å². The van der Waals surface area contributed by atoms with E-state index in [1.54, 1.807) is 11.4 Å². The van der Waals surface area contributed by atoms with Crippen molar-refractivity contribution in [1.82, 2.24) is 9.61 Å². The summed E-state index contributed by atoms with van der Waals surface area (Å²) < 4.78 is 6.82. The van der Waals surface area contributed by atoms with Gasteiger partial charge in [0.15, 0.2) is 0 Å². The Hall–Kier alpha value is -1.49. The molecular weight excluding hydrogens is 236 g/mol. The van der Waals surface area contributed by atoms with E-state index in [9.17, 15) is 4.79 Å². The van der Waals surface area contributed by atoms with Crippen molar-refractivity contribution < 1.29 is 9.53 Å². The van der Waals surface area contributed by atoms with Crippen molar-refractivity contribution >= 4 is 23.2 Å². The van der Waals surface area contributed by atoms with E-state index in [-0.39, 0.29) is 5.97 Å². The molecule has 0 amide bonds. The smallest absolute Gasteiger partial charge is 0.343 e. The summed E-state index contributed by atoms with van der Waals surface area (Å²) in [5, 5.41) is 5.08. The molecule has 5 heteroatoms. The Morgan fingerprint density at radius 1 is 1.59 bits per heavy atom. The fourth-order valence-electron chi connectivity index (χ4n) is 1.78. The van der Waals surface area contributed by atoms with E-state index in [1.165, 1.54) is 11.8 Å². The fraction of sp³-hybridized carbons (Fsp3) is 0.333. The highest BCUT2D eigenvalue weighted by Crippen LogP contribution is 2.26. The maximum Gasteiger partial charge on any atom is 0.343 e. The Bertz CT molecular complexity index is 563. The number of rotatable bonds is 3. The largest absolute Gasteiger partial charge is 0.462 e. The van der Waals surface area contributed by atoms with Crippen LogP contribution in [0.2, 0.25) is 0 Å². The van der Waals surface area contributed by atoms with Gasteiger partial charge in [-0.15, -0.1) is 11.8 Å². The van der Waals surface area contributed by atoms with Crippen LogP contribution in [0.3, 0.4) is 0 Å². The molecule has 0 unspecified atom stereocenters. The Labute approximate surface area is 104 Å². The van der Waals surface area contributed by atoms with Crippen molar-refractivity contribution in [2.45, 2.75) is 18.9 Å². The second-order valence-corrected chi connectivity index (χ2v) is 4.38. The molecule has 2 heterocycles. The van der Waals surface area contributed by atoms with Gasteiger partial charge in [-0.1, -0.05) is 6.07 Å². The van der Waals surface area contributed by atoms with Crippen LogP contribution in [0.15, 0.2) is 23.4 Å². The standard InChI is InChI=1S/C12H14N2O2S/c1-4-16-12(15)9-10-8(2)6-5-7-14(10)13-11(9)17-3/h5-7H,4H2,1-3H3. The van der Waals surface area contributed by atoms with Gasteiger partial charge >= 0.3 is 5.97 Å². The third kappa shape index (κ3) is 2.02. The molecule has 2 aromatic heterocycles. The van der Waals surface area contributed by atoms with Gasteiger partial charge in [0, 0.05) is 6.20 Å². The Morgan fingerprint density at radius 3 is 3.00 bits per heavy atom. The quantitative estimate of drug-likeness (QED) is 0.620. The summed E-state index contributed by atoms with van der Waals surface area (Å²) in [5.41, 5.74) is 2.41. The average Bonchev–Trinajstić information content (AvgIpc) is 2.69. The second kappa shape index (κ2) is 4.79. The van der Waals surface area contributed by atoms with Gasteiger partial charge in [-0.3, -0.25) is 0 Å². The zero-order valence-electron chi connectivity index (χ0n) is 10.1. The third-order valence-electron chi connectivity index (χ3n) is 2.50. The second-order valence-electron chi connectivity index (χ2n) is 3.59. The van der Waals surface area contributed by atoms with Crippen LogP contribution in [-0.4, -0.2) is 28.4 Å². The predicted molar refractivity (Wildman–Crippen MR) is 67.7 cm³/mol. The molecule has 4 nitrogen and oxygen atoms in total. The lowest BCUT2D eigenvalue weighted by atomic mass is 10.2. The van der Waals surface area contributed by atoms with Gasteiger partial charge in [-0.05, 0) is 31.7 Å². The number of hydrogen-bond donors (Lipinski definition) is 0. The topological polar surface area (TPSA) is 43.6 Å². The molecule has 0 N–H and O–H groups in total. The van der Waals surface area contributed by atoms with Crippen molar-refractivity contribution in [3.05, 3.63) is 29.5 Å². The van der Waals surface area contributed by atoms with Crippen LogP contribution in [0, 0.1) is 6.92 Å². The molecule has 0 aromatic carbocycles. The molecular formula is C12H14N2O2S. The number of pyridine rings is 1. The minimum atomic E-state index is -0.304. The number of carbonyl (C=O) groups excluding carboxylic acids is 1. The van der Waals surface area contributed by atoms with Gasteiger partial charge < -0.3 is 4.74 Å². The highest BCUT2D eigenvalue weighted by atomic mass is 32.2. The zero-order chi connectivity index (χ0) is 12.4. The van der Waals surface area contributed by atoms with Crippen LogP contribution in [-0.2, 0) is 4.74 Å². The molecule has 2 aromatic rings. The van der Waals surface area contributed by atoms with Crippen molar-refractivity contribution in [2.24, 2.45) is 0 Å². The number of carbonyl (C=O) groups is 1. The first-order valence-corrected chi connectivity index (χ1v) is 6.60. The molecule has 0 spiro atoms. The first kappa shape index (κ1) is 12.0. The lowest BCUT2D eigenvalue weighted by Crippen LogP contribution is -2.05. The molecule has 0 saturated carbocycles. The molecule has 0 fully saturated rings. The predicted octanol–water partition coefficient (Wildman–Crippen LogP) is 2.54. The summed E-state index contributed by atoms with van der Waals surface area (Å²) in [4.78, 5) is 12.0. The number of aryl methyl sites for hydroxylation is 1. The van der Waals surface area contributed by atoms with Crippen LogP contribution < -0.4 is 0 Å². The van der Waals surface area contributed by atoms with Gasteiger partial charge in [0.1, 0.15) is 10.6 Å². The number of nitrogens with zero attached hydrogens (tertiary/aromatic N) is 2. The summed E-state index contributed by atoms with van der Waals surface area (Å²) >= 11 is 1.45. The maximum absolute atomic E-state index is 12.0. The first-order chi connectivity index (χ1) is 8.19. The van der Waals surface area contributed by atoms with Gasteiger partial charge in [0.2, 0.25) is 0 Å². The Kier molecular flexibility index (Phi) is 3.38. The summed E-state index contributed by atoms with van der Waals surface area (Å²) in [6, 6.07) is 3.87. The van der Waals surface area contributed by atoms with Gasteiger partial charge in [-0.25, -0.2) is 9.31 Å². The summed E-state index contributed by atoms with van der Waals surface area (Å²) in [6.07, 6.45) is 3.74. The van der Waals surface area contributed by atoms with E-state index >= 15 is 0 Å². The minimum Gasteiger partial charge on any atom is -0.462 e. The number of ether oxygens (including phenoxy) is 1. The Balaban J connectivity index is 2.69. The lowest BCUT2D eigenvalue weighted by molar-refractivity contribution is 0.0524. The van der Waals surface area contributed by atoms with Crippen molar-refractivity contribution in [2.75, 3.05) is 12.9 Å². The minimum absolute atomic E-state index is 0.304. The molecule has 90 valence electrons. The lowest BCUT2D eigenvalue weighted by Gasteiger charge is -2.03. The molecule has 0 bridgehead atoms. The molecule has 0 atom stereocenters. The summed E-state index contributed by atoms with van der Waals surface area (Å²) in [7, 11) is 0. The normalized spacial score (nSPS) is 10.8. The summed E-state index contributed by atoms with van der Waals surface area (Å²) in [6.45, 7) is 4.13. The monoisotopic (exact) mass is 250 g/mol. The third-order valence-corrected chi connectivity index (χ3v) is 3.17. The number of aromatic nitrogens is 2. The number of esters is 1. The number of thioether (sulfide) groups is 1. The zero-order valence-corrected chi connectivity index (χ0v) is 10.9. The highest BCUT2D eigenvalue weighted by molar-refractivity contribution is 7.98. The van der Waals surface area contributed by atoms with Crippen molar-refractivity contribution in [1.29, 1.82) is 0 Å². The van der Waals surface area contributed by atoms with E-state index in [2.05, 4.69) is 5.10 Å². The van der Waals surface area contributed by atoms with Crippen molar-refractivity contribution in [3.63, 3.8) is 0 Å².